The number of morpholine rings is 1. The number of hydrogen-bond acceptors (Lipinski definition) is 7. The second-order valence-corrected chi connectivity index (χ2v) is 11.9. The van der Waals surface area contributed by atoms with Crippen molar-refractivity contribution in [3.63, 3.8) is 0 Å². The first kappa shape index (κ1) is 23.9. The van der Waals surface area contributed by atoms with Crippen molar-refractivity contribution in [2.45, 2.75) is 50.6 Å². The number of sulfone groups is 1. The SMILES string of the molecule is O=C(CN1CCOCC1)N1CCN(CC(=O)N(C2CCCCC2)C2CCS(=O)(=O)C2)CC1. The number of carbonyl (C=O) groups is 2. The van der Waals surface area contributed by atoms with Crippen LogP contribution in [0.4, 0.5) is 0 Å². The number of amides is 2. The van der Waals surface area contributed by atoms with Crippen molar-refractivity contribution in [2.75, 3.05) is 77.1 Å². The van der Waals surface area contributed by atoms with Gasteiger partial charge in [-0.05, 0) is 19.3 Å². The molecule has 0 N–H and O–H groups in total. The largest absolute Gasteiger partial charge is 0.379 e. The van der Waals surface area contributed by atoms with E-state index in [-0.39, 0.29) is 35.4 Å². The third-order valence-electron chi connectivity index (χ3n) is 7.40. The predicted octanol–water partition coefficient (Wildman–Crippen LogP) is -0.189. The summed E-state index contributed by atoms with van der Waals surface area (Å²) in [5.41, 5.74) is 0. The number of hydrogen-bond donors (Lipinski definition) is 0. The predicted molar refractivity (Wildman–Crippen MR) is 121 cm³/mol. The summed E-state index contributed by atoms with van der Waals surface area (Å²) in [7, 11) is -3.04. The van der Waals surface area contributed by atoms with E-state index >= 15 is 0 Å². The summed E-state index contributed by atoms with van der Waals surface area (Å²) in [6.45, 7) is 6.36. The Balaban J connectivity index is 1.29. The van der Waals surface area contributed by atoms with Crippen LogP contribution in [0.25, 0.3) is 0 Å². The molecule has 0 radical (unpaired) electrons. The molecule has 4 fully saturated rings. The van der Waals surface area contributed by atoms with Gasteiger partial charge in [-0.25, -0.2) is 8.42 Å². The number of nitrogens with zero attached hydrogens (tertiary/aromatic N) is 4. The van der Waals surface area contributed by atoms with Gasteiger partial charge in [-0.3, -0.25) is 19.4 Å². The fourth-order valence-electron chi connectivity index (χ4n) is 5.54. The van der Waals surface area contributed by atoms with Gasteiger partial charge in [0.05, 0.1) is 37.8 Å². The van der Waals surface area contributed by atoms with Gasteiger partial charge >= 0.3 is 0 Å². The molecule has 182 valence electrons. The lowest BCUT2D eigenvalue weighted by atomic mass is 9.92. The van der Waals surface area contributed by atoms with Gasteiger partial charge in [0.2, 0.25) is 11.8 Å². The average molecular weight is 471 g/mol. The fourth-order valence-corrected chi connectivity index (χ4v) is 7.25. The molecule has 10 heteroatoms. The summed E-state index contributed by atoms with van der Waals surface area (Å²) < 4.78 is 29.5. The summed E-state index contributed by atoms with van der Waals surface area (Å²) in [5, 5.41) is 0. The standard InChI is InChI=1S/C22H38N4O5S/c27-21(16-24-11-13-31-14-12-24)25-9-7-23(8-10-25)17-22(28)26(19-4-2-1-3-5-19)20-6-15-32(29,30)18-20/h19-20H,1-18H2. The number of ether oxygens (including phenoxy) is 1. The molecule has 1 saturated carbocycles. The highest BCUT2D eigenvalue weighted by Crippen LogP contribution is 2.28. The first-order chi connectivity index (χ1) is 15.4. The van der Waals surface area contributed by atoms with Crippen LogP contribution in [0.5, 0.6) is 0 Å². The van der Waals surface area contributed by atoms with Crippen LogP contribution in [0.2, 0.25) is 0 Å². The van der Waals surface area contributed by atoms with Gasteiger partial charge in [0.1, 0.15) is 0 Å². The topological polar surface area (TPSA) is 90.5 Å². The maximum Gasteiger partial charge on any atom is 0.237 e. The Morgan fingerprint density at radius 1 is 0.812 bits per heavy atom. The monoisotopic (exact) mass is 470 g/mol. The molecule has 32 heavy (non-hydrogen) atoms. The van der Waals surface area contributed by atoms with E-state index in [4.69, 9.17) is 4.74 Å². The first-order valence-electron chi connectivity index (χ1n) is 12.2. The summed E-state index contributed by atoms with van der Waals surface area (Å²) in [6.07, 6.45) is 5.93. The molecule has 4 aliphatic rings. The van der Waals surface area contributed by atoms with E-state index in [0.29, 0.717) is 58.9 Å². The minimum atomic E-state index is -3.04. The minimum absolute atomic E-state index is 0.0621. The average Bonchev–Trinajstić information content (AvgIpc) is 3.15. The maximum atomic E-state index is 13.4. The van der Waals surface area contributed by atoms with Crippen molar-refractivity contribution < 1.29 is 22.7 Å². The summed E-state index contributed by atoms with van der Waals surface area (Å²) in [4.78, 5) is 34.1. The number of carbonyl (C=O) groups excluding carboxylic acids is 2. The van der Waals surface area contributed by atoms with E-state index < -0.39 is 9.84 Å². The third kappa shape index (κ3) is 6.21. The van der Waals surface area contributed by atoms with E-state index in [1.165, 1.54) is 6.42 Å². The first-order valence-corrected chi connectivity index (χ1v) is 14.1. The molecule has 1 unspecified atom stereocenters. The van der Waals surface area contributed by atoms with Gasteiger partial charge in [-0.2, -0.15) is 0 Å². The van der Waals surface area contributed by atoms with E-state index in [1.54, 1.807) is 0 Å². The highest BCUT2D eigenvalue weighted by molar-refractivity contribution is 7.91. The van der Waals surface area contributed by atoms with Crippen LogP contribution in [0.1, 0.15) is 38.5 Å². The van der Waals surface area contributed by atoms with Crippen LogP contribution in [0, 0.1) is 0 Å². The summed E-state index contributed by atoms with van der Waals surface area (Å²) in [5.74, 6) is 0.516. The molecular formula is C22H38N4O5S. The zero-order valence-corrected chi connectivity index (χ0v) is 19.9. The van der Waals surface area contributed by atoms with Crippen LogP contribution < -0.4 is 0 Å². The number of rotatable bonds is 6. The molecule has 3 saturated heterocycles. The van der Waals surface area contributed by atoms with Crippen LogP contribution in [0.3, 0.4) is 0 Å². The smallest absolute Gasteiger partial charge is 0.237 e. The Bertz CT molecular complexity index is 756. The second-order valence-electron chi connectivity index (χ2n) is 9.70. The molecule has 9 nitrogen and oxygen atoms in total. The maximum absolute atomic E-state index is 13.4. The lowest BCUT2D eigenvalue weighted by Crippen LogP contribution is -2.56. The molecular weight excluding hydrogens is 432 g/mol. The molecule has 0 spiro atoms. The van der Waals surface area contributed by atoms with Gasteiger partial charge in [0, 0.05) is 51.4 Å². The summed E-state index contributed by atoms with van der Waals surface area (Å²) in [6, 6.07) is -0.00192. The molecule has 3 aliphatic heterocycles. The highest BCUT2D eigenvalue weighted by Gasteiger charge is 2.39. The highest BCUT2D eigenvalue weighted by atomic mass is 32.2. The molecule has 0 aromatic carbocycles. The van der Waals surface area contributed by atoms with Crippen molar-refractivity contribution >= 4 is 21.7 Å². The lowest BCUT2D eigenvalue weighted by molar-refractivity contribution is -0.139. The van der Waals surface area contributed by atoms with Gasteiger partial charge in [0.25, 0.3) is 0 Å². The number of piperazine rings is 1. The van der Waals surface area contributed by atoms with E-state index in [9.17, 15) is 18.0 Å². The molecule has 4 rings (SSSR count). The van der Waals surface area contributed by atoms with Crippen molar-refractivity contribution in [3.05, 3.63) is 0 Å². The molecule has 1 aliphatic carbocycles. The van der Waals surface area contributed by atoms with Crippen LogP contribution >= 0.6 is 0 Å². The molecule has 0 aromatic heterocycles. The molecule has 1 atom stereocenters. The fraction of sp³-hybridized carbons (Fsp3) is 0.909. The minimum Gasteiger partial charge on any atom is -0.379 e. The van der Waals surface area contributed by atoms with Crippen molar-refractivity contribution in [1.29, 1.82) is 0 Å². The Kier molecular flexibility index (Phi) is 8.07. The van der Waals surface area contributed by atoms with Crippen LogP contribution in [-0.4, -0.2) is 129 Å². The molecule has 2 amide bonds. The van der Waals surface area contributed by atoms with Crippen LogP contribution in [0.15, 0.2) is 0 Å². The van der Waals surface area contributed by atoms with Gasteiger partial charge in [0.15, 0.2) is 9.84 Å². The van der Waals surface area contributed by atoms with Crippen molar-refractivity contribution in [1.82, 2.24) is 19.6 Å². The molecule has 0 bridgehead atoms. The Labute approximate surface area is 191 Å². The van der Waals surface area contributed by atoms with Gasteiger partial charge in [-0.1, -0.05) is 19.3 Å². The van der Waals surface area contributed by atoms with E-state index in [0.717, 1.165) is 38.8 Å². The Morgan fingerprint density at radius 3 is 2.09 bits per heavy atom. The second kappa shape index (κ2) is 10.8. The zero-order valence-electron chi connectivity index (χ0n) is 19.1. The van der Waals surface area contributed by atoms with Gasteiger partial charge in [-0.15, -0.1) is 0 Å². The van der Waals surface area contributed by atoms with Gasteiger partial charge < -0.3 is 14.5 Å². The van der Waals surface area contributed by atoms with Crippen LogP contribution in [-0.2, 0) is 24.2 Å². The third-order valence-corrected chi connectivity index (χ3v) is 9.15. The van der Waals surface area contributed by atoms with Crippen molar-refractivity contribution in [3.8, 4) is 0 Å². The Hall–Kier alpha value is -1.23. The normalized spacial score (nSPS) is 28.0. The lowest BCUT2D eigenvalue weighted by Gasteiger charge is -2.41. The summed E-state index contributed by atoms with van der Waals surface area (Å²) >= 11 is 0. The van der Waals surface area contributed by atoms with E-state index in [1.807, 2.05) is 9.80 Å². The molecule has 3 heterocycles. The Morgan fingerprint density at radius 2 is 1.47 bits per heavy atom. The molecule has 0 aromatic rings. The van der Waals surface area contributed by atoms with E-state index in [2.05, 4.69) is 9.80 Å². The quantitative estimate of drug-likeness (QED) is 0.532. The zero-order chi connectivity index (χ0) is 22.6. The van der Waals surface area contributed by atoms with Crippen molar-refractivity contribution in [2.24, 2.45) is 0 Å².